The first kappa shape index (κ1) is 20.7. The van der Waals surface area contributed by atoms with Crippen molar-refractivity contribution < 1.29 is 4.79 Å². The van der Waals surface area contributed by atoms with E-state index < -0.39 is 0 Å². The number of benzene rings is 2. The second-order valence-electron chi connectivity index (χ2n) is 8.21. The number of likely N-dealkylation sites (tertiary alicyclic amines) is 1. The molecule has 30 heavy (non-hydrogen) atoms. The van der Waals surface area contributed by atoms with Crippen molar-refractivity contribution in [2.45, 2.75) is 19.3 Å². The number of rotatable bonds is 5. The molecule has 2 fully saturated rings. The highest BCUT2D eigenvalue weighted by Gasteiger charge is 2.24. The molecule has 160 valence electrons. The summed E-state index contributed by atoms with van der Waals surface area (Å²) in [5.41, 5.74) is 1.36. The van der Waals surface area contributed by atoms with Gasteiger partial charge in [-0.25, -0.2) is 0 Å². The monoisotopic (exact) mass is 407 g/mol. The fourth-order valence-electron chi connectivity index (χ4n) is 4.53. The van der Waals surface area contributed by atoms with Crippen LogP contribution in [0.2, 0.25) is 0 Å². The second-order valence-corrected chi connectivity index (χ2v) is 8.21. The lowest BCUT2D eigenvalue weighted by molar-refractivity contribution is -0.131. The lowest BCUT2D eigenvalue weighted by Crippen LogP contribution is -2.54. The lowest BCUT2D eigenvalue weighted by atomic mass is 10.0. The van der Waals surface area contributed by atoms with E-state index in [9.17, 15) is 4.79 Å². The third-order valence-electron chi connectivity index (χ3n) is 6.26. The molecule has 6 heteroatoms. The number of amides is 1. The Balaban J connectivity index is 1.24. The van der Waals surface area contributed by atoms with Gasteiger partial charge in [-0.05, 0) is 35.6 Å². The van der Waals surface area contributed by atoms with Crippen LogP contribution in [0.25, 0.3) is 10.8 Å². The summed E-state index contributed by atoms with van der Waals surface area (Å²) >= 11 is 0. The highest BCUT2D eigenvalue weighted by Crippen LogP contribution is 2.18. The van der Waals surface area contributed by atoms with Crippen LogP contribution in [0.15, 0.2) is 47.5 Å². The highest BCUT2D eigenvalue weighted by molar-refractivity contribution is 5.86. The van der Waals surface area contributed by atoms with Gasteiger partial charge in [-0.2, -0.15) is 0 Å². The van der Waals surface area contributed by atoms with Gasteiger partial charge in [0.1, 0.15) is 0 Å². The maximum atomic E-state index is 12.4. The minimum atomic E-state index is 0.290. The Labute approximate surface area is 179 Å². The molecule has 0 bridgehead atoms. The van der Waals surface area contributed by atoms with Gasteiger partial charge in [0.05, 0.1) is 6.54 Å². The van der Waals surface area contributed by atoms with Crippen LogP contribution in [0, 0.1) is 0 Å². The van der Waals surface area contributed by atoms with E-state index in [-0.39, 0.29) is 0 Å². The van der Waals surface area contributed by atoms with Gasteiger partial charge in [0, 0.05) is 52.9 Å². The topological polar surface area (TPSA) is 51.2 Å². The predicted molar refractivity (Wildman–Crippen MR) is 123 cm³/mol. The molecule has 0 unspecified atom stereocenters. The van der Waals surface area contributed by atoms with Crippen molar-refractivity contribution >= 4 is 22.6 Å². The molecule has 2 heterocycles. The summed E-state index contributed by atoms with van der Waals surface area (Å²) in [6.45, 7) is 6.91. The molecular weight excluding hydrogens is 374 g/mol. The van der Waals surface area contributed by atoms with Gasteiger partial charge in [0.2, 0.25) is 5.91 Å². The maximum absolute atomic E-state index is 12.4. The molecule has 2 aliphatic heterocycles. The fourth-order valence-corrected chi connectivity index (χ4v) is 4.53. The molecule has 0 radical (unpaired) electrons. The van der Waals surface area contributed by atoms with Gasteiger partial charge < -0.3 is 15.1 Å². The standard InChI is InChI=1S/C24H33N5O/c1-25-24(26-12-11-21-9-6-8-20-7-2-3-10-22(20)21)29-17-15-27(16-18-29)19-23(30)28-13-4-5-14-28/h2-3,6-10H,4-5,11-19H2,1H3,(H,25,26). The first-order valence-corrected chi connectivity index (χ1v) is 11.2. The minimum absolute atomic E-state index is 0.290. The van der Waals surface area contributed by atoms with Crippen LogP contribution in [-0.2, 0) is 11.2 Å². The molecular formula is C24H33N5O. The largest absolute Gasteiger partial charge is 0.356 e. The van der Waals surface area contributed by atoms with E-state index in [0.717, 1.165) is 71.0 Å². The van der Waals surface area contributed by atoms with Gasteiger partial charge in [0.25, 0.3) is 0 Å². The zero-order chi connectivity index (χ0) is 20.8. The summed E-state index contributed by atoms with van der Waals surface area (Å²) in [5, 5.41) is 6.15. The highest BCUT2D eigenvalue weighted by atomic mass is 16.2. The molecule has 1 N–H and O–H groups in total. The van der Waals surface area contributed by atoms with E-state index in [1.807, 2.05) is 11.9 Å². The van der Waals surface area contributed by atoms with E-state index in [4.69, 9.17) is 0 Å². The van der Waals surface area contributed by atoms with E-state index in [1.165, 1.54) is 16.3 Å². The zero-order valence-corrected chi connectivity index (χ0v) is 18.0. The van der Waals surface area contributed by atoms with E-state index in [1.54, 1.807) is 0 Å². The molecule has 0 aliphatic carbocycles. The summed E-state index contributed by atoms with van der Waals surface area (Å²) in [4.78, 5) is 23.5. The Morgan fingerprint density at radius 2 is 1.67 bits per heavy atom. The number of aliphatic imine (C=N–C) groups is 1. The lowest BCUT2D eigenvalue weighted by Gasteiger charge is -2.36. The van der Waals surface area contributed by atoms with Crippen LogP contribution in [0.4, 0.5) is 0 Å². The molecule has 4 rings (SSSR count). The van der Waals surface area contributed by atoms with Gasteiger partial charge in [-0.1, -0.05) is 42.5 Å². The summed E-state index contributed by atoms with van der Waals surface area (Å²) in [6.07, 6.45) is 3.27. The zero-order valence-electron chi connectivity index (χ0n) is 18.0. The van der Waals surface area contributed by atoms with Crippen molar-refractivity contribution in [1.82, 2.24) is 20.0 Å². The molecule has 2 aliphatic rings. The predicted octanol–water partition coefficient (Wildman–Crippen LogP) is 2.20. The first-order valence-electron chi connectivity index (χ1n) is 11.2. The molecule has 6 nitrogen and oxygen atoms in total. The molecule has 2 aromatic carbocycles. The Hall–Kier alpha value is -2.60. The van der Waals surface area contributed by atoms with Crippen molar-refractivity contribution in [3.05, 3.63) is 48.0 Å². The van der Waals surface area contributed by atoms with Crippen LogP contribution in [-0.4, -0.2) is 86.0 Å². The third-order valence-corrected chi connectivity index (χ3v) is 6.26. The first-order chi connectivity index (χ1) is 14.7. The van der Waals surface area contributed by atoms with Crippen LogP contribution in [0.1, 0.15) is 18.4 Å². The molecule has 0 aromatic heterocycles. The molecule has 2 saturated heterocycles. The number of hydrogen-bond acceptors (Lipinski definition) is 3. The maximum Gasteiger partial charge on any atom is 0.236 e. The van der Waals surface area contributed by atoms with Gasteiger partial charge in [-0.3, -0.25) is 14.7 Å². The van der Waals surface area contributed by atoms with Crippen LogP contribution >= 0.6 is 0 Å². The Bertz CT molecular complexity index is 877. The van der Waals surface area contributed by atoms with Gasteiger partial charge in [0.15, 0.2) is 5.96 Å². The van der Waals surface area contributed by atoms with Crippen molar-refractivity contribution in [3.8, 4) is 0 Å². The number of guanidine groups is 1. The number of nitrogens with one attached hydrogen (secondary N) is 1. The Morgan fingerprint density at radius 1 is 0.933 bits per heavy atom. The molecule has 0 spiro atoms. The number of piperazine rings is 1. The van der Waals surface area contributed by atoms with E-state index in [0.29, 0.717) is 12.5 Å². The average molecular weight is 408 g/mol. The molecule has 1 amide bonds. The Kier molecular flexibility index (Phi) is 6.84. The molecule has 0 atom stereocenters. The minimum Gasteiger partial charge on any atom is -0.356 e. The van der Waals surface area contributed by atoms with Gasteiger partial charge >= 0.3 is 0 Å². The number of carbonyl (C=O) groups excluding carboxylic acids is 1. The smallest absolute Gasteiger partial charge is 0.236 e. The number of carbonyl (C=O) groups is 1. The average Bonchev–Trinajstić information content (AvgIpc) is 3.33. The second kappa shape index (κ2) is 9.94. The van der Waals surface area contributed by atoms with Crippen LogP contribution < -0.4 is 5.32 Å². The van der Waals surface area contributed by atoms with Crippen LogP contribution in [0.3, 0.4) is 0 Å². The summed E-state index contributed by atoms with van der Waals surface area (Å²) in [6, 6.07) is 15.1. The van der Waals surface area contributed by atoms with Crippen LogP contribution in [0.5, 0.6) is 0 Å². The van der Waals surface area contributed by atoms with Crippen molar-refractivity contribution in [2.75, 3.05) is 59.4 Å². The number of fused-ring (bicyclic) bond motifs is 1. The summed E-state index contributed by atoms with van der Waals surface area (Å²) < 4.78 is 0. The summed E-state index contributed by atoms with van der Waals surface area (Å²) in [7, 11) is 1.85. The van der Waals surface area contributed by atoms with Crippen molar-refractivity contribution in [1.29, 1.82) is 0 Å². The quantitative estimate of drug-likeness (QED) is 0.610. The Morgan fingerprint density at radius 3 is 2.43 bits per heavy atom. The van der Waals surface area contributed by atoms with E-state index >= 15 is 0 Å². The van der Waals surface area contributed by atoms with Crippen molar-refractivity contribution in [2.24, 2.45) is 4.99 Å². The fraction of sp³-hybridized carbons (Fsp3) is 0.500. The molecule has 0 saturated carbocycles. The van der Waals surface area contributed by atoms with E-state index in [2.05, 4.69) is 62.6 Å². The number of hydrogen-bond donors (Lipinski definition) is 1. The normalized spacial score (nSPS) is 18.2. The molecule has 2 aromatic rings. The summed E-state index contributed by atoms with van der Waals surface area (Å²) in [5.74, 6) is 1.25. The van der Waals surface area contributed by atoms with Gasteiger partial charge in [-0.15, -0.1) is 0 Å². The SMILES string of the molecule is CN=C(NCCc1cccc2ccccc12)N1CCN(CC(=O)N2CCCC2)CC1. The number of nitrogens with zero attached hydrogens (tertiary/aromatic N) is 4. The third kappa shape index (κ3) is 4.93. The van der Waals surface area contributed by atoms with Crippen molar-refractivity contribution in [3.63, 3.8) is 0 Å².